The third kappa shape index (κ3) is 3.87. The van der Waals surface area contributed by atoms with Crippen molar-refractivity contribution in [1.82, 2.24) is 10.2 Å². The number of methoxy groups -OCH3 is 2. The largest absolute Gasteiger partial charge is 0.497 e. The summed E-state index contributed by atoms with van der Waals surface area (Å²) in [5, 5.41) is 5.99. The highest BCUT2D eigenvalue weighted by molar-refractivity contribution is 6.11. The third-order valence-electron chi connectivity index (χ3n) is 7.21. The molecule has 0 bridgehead atoms. The standard InChI is InChI=1S/C26H29N3O5/c1-33-17-8-9-18(22(14-17)34-2)16-7-10-20-19(13-16)26(32)29-12-11-21(23(29)25(31)27-20)28-24(30)15-5-3-4-6-15/h7-10,13-15,21,23H,3-6,11-12H2,1-2H3,(H,27,31)(H,28,30). The average Bonchev–Trinajstić information content (AvgIpc) is 3.52. The maximum atomic E-state index is 13.6. The molecule has 2 aromatic carbocycles. The molecule has 1 aliphatic carbocycles. The van der Waals surface area contributed by atoms with Gasteiger partial charge in [0.2, 0.25) is 11.8 Å². The van der Waals surface area contributed by atoms with Crippen LogP contribution in [0.5, 0.6) is 11.5 Å². The van der Waals surface area contributed by atoms with Crippen molar-refractivity contribution >= 4 is 23.4 Å². The van der Waals surface area contributed by atoms with Crippen LogP contribution in [0.2, 0.25) is 0 Å². The minimum atomic E-state index is -0.718. The molecule has 2 aromatic rings. The molecule has 0 spiro atoms. The van der Waals surface area contributed by atoms with E-state index >= 15 is 0 Å². The van der Waals surface area contributed by atoms with Crippen LogP contribution in [0.15, 0.2) is 36.4 Å². The molecule has 5 rings (SSSR count). The smallest absolute Gasteiger partial charge is 0.256 e. The number of hydrogen-bond donors (Lipinski definition) is 2. The van der Waals surface area contributed by atoms with Gasteiger partial charge in [0, 0.05) is 24.1 Å². The lowest BCUT2D eigenvalue weighted by Gasteiger charge is -2.25. The predicted octanol–water partition coefficient (Wildman–Crippen LogP) is 3.21. The Labute approximate surface area is 198 Å². The molecular formula is C26H29N3O5. The fourth-order valence-corrected chi connectivity index (χ4v) is 5.38. The molecule has 0 radical (unpaired) electrons. The van der Waals surface area contributed by atoms with E-state index in [0.29, 0.717) is 35.7 Å². The summed E-state index contributed by atoms with van der Waals surface area (Å²) in [4.78, 5) is 41.0. The minimum absolute atomic E-state index is 0.000229. The molecule has 3 amide bonds. The number of nitrogens with one attached hydrogen (secondary N) is 2. The van der Waals surface area contributed by atoms with Crippen LogP contribution >= 0.6 is 0 Å². The molecule has 2 unspecified atom stereocenters. The van der Waals surface area contributed by atoms with Gasteiger partial charge in [0.25, 0.3) is 5.91 Å². The molecule has 1 saturated carbocycles. The van der Waals surface area contributed by atoms with Crippen molar-refractivity contribution in [3.63, 3.8) is 0 Å². The van der Waals surface area contributed by atoms with Crippen molar-refractivity contribution in [2.24, 2.45) is 5.92 Å². The minimum Gasteiger partial charge on any atom is -0.497 e. The summed E-state index contributed by atoms with van der Waals surface area (Å²) in [6.07, 6.45) is 4.47. The van der Waals surface area contributed by atoms with Crippen LogP contribution in [0.4, 0.5) is 5.69 Å². The first-order chi connectivity index (χ1) is 16.5. The number of ether oxygens (including phenoxy) is 2. The summed E-state index contributed by atoms with van der Waals surface area (Å²) in [7, 11) is 3.18. The molecule has 3 aliphatic rings. The number of nitrogens with zero attached hydrogens (tertiary/aromatic N) is 1. The van der Waals surface area contributed by atoms with Gasteiger partial charge < -0.3 is 25.0 Å². The first kappa shape index (κ1) is 22.3. The number of hydrogen-bond acceptors (Lipinski definition) is 5. The SMILES string of the molecule is COc1ccc(-c2ccc3c(c2)C(=O)N2CCC(NC(=O)C4CCCC4)C2C(=O)N3)c(OC)c1. The topological polar surface area (TPSA) is 97.0 Å². The molecule has 34 heavy (non-hydrogen) atoms. The normalized spacial score (nSPS) is 22.0. The second-order valence-corrected chi connectivity index (χ2v) is 9.14. The van der Waals surface area contributed by atoms with E-state index < -0.39 is 6.04 Å². The van der Waals surface area contributed by atoms with Gasteiger partial charge in [-0.15, -0.1) is 0 Å². The molecule has 2 heterocycles. The molecule has 2 atom stereocenters. The van der Waals surface area contributed by atoms with E-state index in [1.807, 2.05) is 18.2 Å². The Bertz CT molecular complexity index is 1140. The van der Waals surface area contributed by atoms with Gasteiger partial charge in [0.15, 0.2) is 0 Å². The molecule has 1 saturated heterocycles. The summed E-state index contributed by atoms with van der Waals surface area (Å²) in [5.74, 6) is 0.821. The Morgan fingerprint density at radius 1 is 1.00 bits per heavy atom. The van der Waals surface area contributed by atoms with E-state index in [2.05, 4.69) is 10.6 Å². The molecule has 2 fully saturated rings. The maximum Gasteiger partial charge on any atom is 0.256 e. The van der Waals surface area contributed by atoms with E-state index in [1.165, 1.54) is 0 Å². The summed E-state index contributed by atoms with van der Waals surface area (Å²) in [6.45, 7) is 0.419. The van der Waals surface area contributed by atoms with Gasteiger partial charge in [-0.2, -0.15) is 0 Å². The molecule has 8 heteroatoms. The zero-order valence-corrected chi connectivity index (χ0v) is 19.4. The molecule has 2 aliphatic heterocycles. The molecule has 2 N–H and O–H groups in total. The van der Waals surface area contributed by atoms with Crippen molar-refractivity contribution < 1.29 is 23.9 Å². The van der Waals surface area contributed by atoms with Crippen LogP contribution < -0.4 is 20.1 Å². The van der Waals surface area contributed by atoms with Crippen LogP contribution in [0, 0.1) is 5.92 Å². The number of anilines is 1. The number of carbonyl (C=O) groups is 3. The third-order valence-corrected chi connectivity index (χ3v) is 7.21. The lowest BCUT2D eigenvalue weighted by atomic mass is 10.00. The monoisotopic (exact) mass is 463 g/mol. The van der Waals surface area contributed by atoms with Gasteiger partial charge in [0.1, 0.15) is 17.5 Å². The van der Waals surface area contributed by atoms with Gasteiger partial charge in [-0.3, -0.25) is 14.4 Å². The van der Waals surface area contributed by atoms with Crippen molar-refractivity contribution in [2.75, 3.05) is 26.1 Å². The van der Waals surface area contributed by atoms with Crippen LogP contribution in [0.25, 0.3) is 11.1 Å². The fraction of sp³-hybridized carbons (Fsp3) is 0.423. The van der Waals surface area contributed by atoms with Gasteiger partial charge >= 0.3 is 0 Å². The molecule has 8 nitrogen and oxygen atoms in total. The molecular weight excluding hydrogens is 434 g/mol. The van der Waals surface area contributed by atoms with Gasteiger partial charge in [-0.1, -0.05) is 18.9 Å². The second kappa shape index (κ2) is 9.00. The zero-order valence-electron chi connectivity index (χ0n) is 19.4. The first-order valence-electron chi connectivity index (χ1n) is 11.8. The van der Waals surface area contributed by atoms with Crippen molar-refractivity contribution in [2.45, 2.75) is 44.2 Å². The number of benzene rings is 2. The van der Waals surface area contributed by atoms with E-state index in [0.717, 1.165) is 36.8 Å². The summed E-state index contributed by atoms with van der Waals surface area (Å²) in [5.41, 5.74) is 2.51. The molecule has 178 valence electrons. The highest BCUT2D eigenvalue weighted by Crippen LogP contribution is 2.37. The average molecular weight is 464 g/mol. The summed E-state index contributed by atoms with van der Waals surface area (Å²) in [6, 6.07) is 9.79. The van der Waals surface area contributed by atoms with E-state index in [9.17, 15) is 14.4 Å². The van der Waals surface area contributed by atoms with Crippen LogP contribution in [-0.2, 0) is 9.59 Å². The van der Waals surface area contributed by atoms with Gasteiger partial charge in [-0.25, -0.2) is 0 Å². The lowest BCUT2D eigenvalue weighted by molar-refractivity contribution is -0.126. The number of fused-ring (bicyclic) bond motifs is 2. The van der Waals surface area contributed by atoms with Crippen LogP contribution in [-0.4, -0.2) is 55.5 Å². The quantitative estimate of drug-likeness (QED) is 0.710. The van der Waals surface area contributed by atoms with Gasteiger partial charge in [-0.05, 0) is 49.1 Å². The zero-order chi connectivity index (χ0) is 23.8. The Morgan fingerprint density at radius 2 is 1.79 bits per heavy atom. The van der Waals surface area contributed by atoms with Crippen LogP contribution in [0.1, 0.15) is 42.5 Å². The van der Waals surface area contributed by atoms with E-state index in [-0.39, 0.29) is 29.7 Å². The number of carbonyl (C=O) groups excluding carboxylic acids is 3. The summed E-state index contributed by atoms with van der Waals surface area (Å²) >= 11 is 0. The Kier molecular flexibility index (Phi) is 5.89. The predicted molar refractivity (Wildman–Crippen MR) is 127 cm³/mol. The van der Waals surface area contributed by atoms with Crippen molar-refractivity contribution in [3.8, 4) is 22.6 Å². The van der Waals surface area contributed by atoms with Crippen molar-refractivity contribution in [3.05, 3.63) is 42.0 Å². The number of amides is 3. The van der Waals surface area contributed by atoms with E-state index in [1.54, 1.807) is 37.3 Å². The van der Waals surface area contributed by atoms with Crippen LogP contribution in [0.3, 0.4) is 0 Å². The lowest BCUT2D eigenvalue weighted by Crippen LogP contribution is -2.52. The first-order valence-corrected chi connectivity index (χ1v) is 11.8. The second-order valence-electron chi connectivity index (χ2n) is 9.14. The summed E-state index contributed by atoms with van der Waals surface area (Å²) < 4.78 is 10.8. The van der Waals surface area contributed by atoms with Crippen molar-refractivity contribution in [1.29, 1.82) is 0 Å². The van der Waals surface area contributed by atoms with Gasteiger partial charge in [0.05, 0.1) is 31.5 Å². The van der Waals surface area contributed by atoms with E-state index in [4.69, 9.17) is 9.47 Å². The number of rotatable bonds is 5. The highest BCUT2D eigenvalue weighted by Gasteiger charge is 2.45. The maximum absolute atomic E-state index is 13.6. The Balaban J connectivity index is 1.43. The Hall–Kier alpha value is -3.55. The Morgan fingerprint density at radius 3 is 2.53 bits per heavy atom. The highest BCUT2D eigenvalue weighted by atomic mass is 16.5. The fourth-order valence-electron chi connectivity index (χ4n) is 5.38. The molecule has 0 aromatic heterocycles.